The van der Waals surface area contributed by atoms with E-state index in [1.807, 2.05) is 0 Å². The molecule has 0 bridgehead atoms. The van der Waals surface area contributed by atoms with Gasteiger partial charge in [-0.15, -0.1) is 0 Å². The number of nitrogens with one attached hydrogen (secondary N) is 1. The summed E-state index contributed by atoms with van der Waals surface area (Å²) in [7, 11) is 0. The summed E-state index contributed by atoms with van der Waals surface area (Å²) >= 11 is 0. The van der Waals surface area contributed by atoms with Gasteiger partial charge in [-0.25, -0.2) is 0 Å². The van der Waals surface area contributed by atoms with Crippen LogP contribution in [-0.2, 0) is 0 Å². The van der Waals surface area contributed by atoms with Gasteiger partial charge in [0.25, 0.3) is 0 Å². The molecule has 2 saturated carbocycles. The molecule has 1 aliphatic heterocycles. The number of piperazine rings is 1. The van der Waals surface area contributed by atoms with Crippen LogP contribution in [0.2, 0.25) is 0 Å². The molecular formula is C17H32N2. The zero-order chi connectivity index (χ0) is 13.2. The van der Waals surface area contributed by atoms with Crippen molar-refractivity contribution in [3.63, 3.8) is 0 Å². The second-order valence-electron chi connectivity index (χ2n) is 7.51. The summed E-state index contributed by atoms with van der Waals surface area (Å²) in [6.07, 6.45) is 10.2. The molecule has 2 heteroatoms. The van der Waals surface area contributed by atoms with Gasteiger partial charge < -0.3 is 5.32 Å². The summed E-state index contributed by atoms with van der Waals surface area (Å²) < 4.78 is 0. The topological polar surface area (TPSA) is 15.3 Å². The molecule has 4 unspecified atom stereocenters. The molecule has 0 amide bonds. The van der Waals surface area contributed by atoms with Crippen LogP contribution in [0.3, 0.4) is 0 Å². The molecule has 1 saturated heterocycles. The van der Waals surface area contributed by atoms with E-state index in [0.29, 0.717) is 0 Å². The molecular weight excluding hydrogens is 232 g/mol. The maximum atomic E-state index is 3.82. The Hall–Kier alpha value is -0.0800. The van der Waals surface area contributed by atoms with Crippen molar-refractivity contribution in [3.05, 3.63) is 0 Å². The maximum absolute atomic E-state index is 3.82. The SMILES string of the molecule is CCC1CNC(C2CC2)CN1CC1CCCC(C)C1. The normalized spacial score (nSPS) is 41.4. The molecule has 3 fully saturated rings. The third-order valence-corrected chi connectivity index (χ3v) is 5.76. The van der Waals surface area contributed by atoms with Crippen LogP contribution in [0.25, 0.3) is 0 Å². The summed E-state index contributed by atoms with van der Waals surface area (Å²) in [5.41, 5.74) is 0. The third-order valence-electron chi connectivity index (χ3n) is 5.76. The van der Waals surface area contributed by atoms with Crippen molar-refractivity contribution in [2.75, 3.05) is 19.6 Å². The van der Waals surface area contributed by atoms with Crippen LogP contribution in [0, 0.1) is 17.8 Å². The highest BCUT2D eigenvalue weighted by molar-refractivity contribution is 4.94. The fourth-order valence-electron chi connectivity index (χ4n) is 4.38. The largest absolute Gasteiger partial charge is 0.311 e. The molecule has 3 rings (SSSR count). The molecule has 1 heterocycles. The quantitative estimate of drug-likeness (QED) is 0.838. The van der Waals surface area contributed by atoms with E-state index in [1.165, 1.54) is 64.6 Å². The van der Waals surface area contributed by atoms with Gasteiger partial charge in [0.05, 0.1) is 0 Å². The summed E-state index contributed by atoms with van der Waals surface area (Å²) in [6, 6.07) is 1.61. The Morgan fingerprint density at radius 1 is 1.16 bits per heavy atom. The molecule has 0 radical (unpaired) electrons. The molecule has 19 heavy (non-hydrogen) atoms. The Morgan fingerprint density at radius 2 is 2.00 bits per heavy atom. The molecule has 0 aromatic rings. The van der Waals surface area contributed by atoms with Crippen LogP contribution in [0.4, 0.5) is 0 Å². The average Bonchev–Trinajstić information content (AvgIpc) is 3.23. The molecule has 0 aromatic heterocycles. The van der Waals surface area contributed by atoms with Crippen molar-refractivity contribution < 1.29 is 0 Å². The second kappa shape index (κ2) is 6.13. The lowest BCUT2D eigenvalue weighted by Crippen LogP contribution is -2.58. The molecule has 3 aliphatic rings. The minimum Gasteiger partial charge on any atom is -0.311 e. The van der Waals surface area contributed by atoms with Crippen molar-refractivity contribution in [1.29, 1.82) is 0 Å². The van der Waals surface area contributed by atoms with Gasteiger partial charge in [-0.3, -0.25) is 4.90 Å². The molecule has 4 atom stereocenters. The van der Waals surface area contributed by atoms with Gasteiger partial charge >= 0.3 is 0 Å². The first-order valence-corrected chi connectivity index (χ1v) is 8.73. The van der Waals surface area contributed by atoms with Gasteiger partial charge in [0, 0.05) is 31.7 Å². The van der Waals surface area contributed by atoms with E-state index in [-0.39, 0.29) is 0 Å². The van der Waals surface area contributed by atoms with Gasteiger partial charge in [-0.2, -0.15) is 0 Å². The average molecular weight is 264 g/mol. The van der Waals surface area contributed by atoms with Crippen LogP contribution < -0.4 is 5.32 Å². The molecule has 2 nitrogen and oxygen atoms in total. The highest BCUT2D eigenvalue weighted by Gasteiger charge is 2.37. The zero-order valence-corrected chi connectivity index (χ0v) is 12.9. The van der Waals surface area contributed by atoms with Gasteiger partial charge in [-0.1, -0.05) is 26.7 Å². The van der Waals surface area contributed by atoms with E-state index < -0.39 is 0 Å². The number of hydrogen-bond acceptors (Lipinski definition) is 2. The lowest BCUT2D eigenvalue weighted by Gasteiger charge is -2.43. The predicted octanol–water partition coefficient (Wildman–Crippen LogP) is 3.28. The van der Waals surface area contributed by atoms with Gasteiger partial charge in [0.15, 0.2) is 0 Å². The molecule has 0 aromatic carbocycles. The van der Waals surface area contributed by atoms with Crippen LogP contribution in [-0.4, -0.2) is 36.6 Å². The molecule has 110 valence electrons. The van der Waals surface area contributed by atoms with E-state index in [0.717, 1.165) is 29.8 Å². The Balaban J connectivity index is 1.55. The van der Waals surface area contributed by atoms with Crippen molar-refractivity contribution >= 4 is 0 Å². The standard InChI is InChI=1S/C17H32N2/c1-3-16-10-18-17(15-7-8-15)12-19(16)11-14-6-4-5-13(2)9-14/h13-18H,3-12H2,1-2H3. The molecule has 1 N–H and O–H groups in total. The van der Waals surface area contributed by atoms with Gasteiger partial charge in [-0.05, 0) is 49.9 Å². The minimum atomic E-state index is 0.798. The van der Waals surface area contributed by atoms with E-state index in [1.54, 1.807) is 0 Å². The minimum absolute atomic E-state index is 0.798. The van der Waals surface area contributed by atoms with Crippen molar-refractivity contribution in [2.45, 2.75) is 70.9 Å². The van der Waals surface area contributed by atoms with Gasteiger partial charge in [0.1, 0.15) is 0 Å². The predicted molar refractivity (Wildman–Crippen MR) is 81.3 cm³/mol. The lowest BCUT2D eigenvalue weighted by atomic mass is 9.82. The first-order chi connectivity index (χ1) is 9.26. The van der Waals surface area contributed by atoms with Gasteiger partial charge in [0.2, 0.25) is 0 Å². The first kappa shape index (κ1) is 13.9. The first-order valence-electron chi connectivity index (χ1n) is 8.73. The fraction of sp³-hybridized carbons (Fsp3) is 1.00. The van der Waals surface area contributed by atoms with E-state index in [4.69, 9.17) is 0 Å². The van der Waals surface area contributed by atoms with E-state index in [9.17, 15) is 0 Å². The Labute approximate surface area is 119 Å². The maximum Gasteiger partial charge on any atom is 0.0224 e. The summed E-state index contributed by atoms with van der Waals surface area (Å²) in [4.78, 5) is 2.85. The smallest absolute Gasteiger partial charge is 0.0224 e. The monoisotopic (exact) mass is 264 g/mol. The summed E-state index contributed by atoms with van der Waals surface area (Å²) in [5, 5.41) is 3.82. The highest BCUT2D eigenvalue weighted by atomic mass is 15.2. The fourth-order valence-corrected chi connectivity index (χ4v) is 4.38. The number of nitrogens with zero attached hydrogens (tertiary/aromatic N) is 1. The Bertz CT molecular complexity index is 287. The Kier molecular flexibility index (Phi) is 4.48. The molecule has 2 aliphatic carbocycles. The number of rotatable bonds is 4. The summed E-state index contributed by atoms with van der Waals surface area (Å²) in [5.74, 6) is 2.96. The number of hydrogen-bond donors (Lipinski definition) is 1. The third kappa shape index (κ3) is 3.52. The van der Waals surface area contributed by atoms with Crippen molar-refractivity contribution in [3.8, 4) is 0 Å². The van der Waals surface area contributed by atoms with Crippen molar-refractivity contribution in [1.82, 2.24) is 10.2 Å². The van der Waals surface area contributed by atoms with Crippen molar-refractivity contribution in [2.24, 2.45) is 17.8 Å². The van der Waals surface area contributed by atoms with Crippen LogP contribution in [0.15, 0.2) is 0 Å². The summed E-state index contributed by atoms with van der Waals surface area (Å²) in [6.45, 7) is 8.76. The van der Waals surface area contributed by atoms with Crippen LogP contribution in [0.1, 0.15) is 58.8 Å². The zero-order valence-electron chi connectivity index (χ0n) is 12.9. The second-order valence-corrected chi connectivity index (χ2v) is 7.51. The van der Waals surface area contributed by atoms with E-state index >= 15 is 0 Å². The lowest BCUT2D eigenvalue weighted by molar-refractivity contribution is 0.0853. The highest BCUT2D eigenvalue weighted by Crippen LogP contribution is 2.35. The van der Waals surface area contributed by atoms with E-state index in [2.05, 4.69) is 24.1 Å². The van der Waals surface area contributed by atoms with Crippen LogP contribution in [0.5, 0.6) is 0 Å². The Morgan fingerprint density at radius 3 is 2.68 bits per heavy atom. The molecule has 0 spiro atoms. The van der Waals surface area contributed by atoms with Crippen LogP contribution >= 0.6 is 0 Å².